The van der Waals surface area contributed by atoms with Gasteiger partial charge >= 0.3 is 0 Å². The van der Waals surface area contributed by atoms with Crippen molar-refractivity contribution >= 4 is 0 Å². The summed E-state index contributed by atoms with van der Waals surface area (Å²) in [7, 11) is 0. The predicted octanol–water partition coefficient (Wildman–Crippen LogP) is 9.93. The van der Waals surface area contributed by atoms with Gasteiger partial charge in [0, 0.05) is 5.54 Å². The van der Waals surface area contributed by atoms with Crippen molar-refractivity contribution in [2.45, 2.75) is 169 Å². The second-order valence-corrected chi connectivity index (χ2v) is 10.5. The normalized spacial score (nSPS) is 12.2. The Morgan fingerprint density at radius 2 is 0.690 bits per heavy atom. The van der Waals surface area contributed by atoms with Crippen LogP contribution in [0.2, 0.25) is 0 Å². The highest BCUT2D eigenvalue weighted by Crippen LogP contribution is 2.16. The van der Waals surface area contributed by atoms with E-state index in [2.05, 4.69) is 39.5 Å². The average molecular weight is 410 g/mol. The lowest BCUT2D eigenvalue weighted by Gasteiger charge is -2.34. The van der Waals surface area contributed by atoms with E-state index in [1.807, 2.05) is 0 Å². The average Bonchev–Trinajstić information content (AvgIpc) is 2.68. The van der Waals surface area contributed by atoms with Crippen molar-refractivity contribution < 1.29 is 0 Å². The van der Waals surface area contributed by atoms with E-state index in [-0.39, 0.29) is 0 Å². The molecule has 1 heteroatoms. The van der Waals surface area contributed by atoms with Gasteiger partial charge in [0.15, 0.2) is 0 Å². The van der Waals surface area contributed by atoms with Gasteiger partial charge in [0.25, 0.3) is 0 Å². The van der Waals surface area contributed by atoms with Crippen LogP contribution in [0.4, 0.5) is 0 Å². The lowest BCUT2D eigenvalue weighted by molar-refractivity contribution is 0.141. The van der Waals surface area contributed by atoms with Crippen LogP contribution >= 0.6 is 0 Å². The van der Waals surface area contributed by atoms with Gasteiger partial charge in [-0.2, -0.15) is 0 Å². The third-order valence-electron chi connectivity index (χ3n) is 6.61. The van der Waals surface area contributed by atoms with E-state index in [0.29, 0.717) is 5.54 Å². The number of rotatable bonds is 22. The van der Waals surface area contributed by atoms with Crippen LogP contribution in [-0.2, 0) is 0 Å². The fourth-order valence-corrected chi connectivity index (χ4v) is 4.53. The van der Waals surface area contributed by atoms with Gasteiger partial charge in [0.2, 0.25) is 0 Å². The molecule has 0 saturated heterocycles. The van der Waals surface area contributed by atoms with Crippen molar-refractivity contribution in [2.24, 2.45) is 0 Å². The summed E-state index contributed by atoms with van der Waals surface area (Å²) in [5.41, 5.74) is 0.336. The van der Waals surface area contributed by atoms with E-state index < -0.39 is 0 Å². The monoisotopic (exact) mass is 409 g/mol. The molecule has 0 aromatic rings. The van der Waals surface area contributed by atoms with Gasteiger partial charge in [0.05, 0.1) is 0 Å². The number of unbranched alkanes of at least 4 members (excludes halogenated alkanes) is 19. The quantitative estimate of drug-likeness (QED) is 0.161. The second-order valence-electron chi connectivity index (χ2n) is 10.5. The van der Waals surface area contributed by atoms with Crippen LogP contribution in [0, 0.1) is 0 Å². The first-order valence-electron chi connectivity index (χ1n) is 13.8. The van der Waals surface area contributed by atoms with Gasteiger partial charge in [-0.15, -0.1) is 0 Å². The molecular weight excluding hydrogens is 350 g/mol. The van der Waals surface area contributed by atoms with E-state index in [4.69, 9.17) is 0 Å². The molecule has 0 unspecified atom stereocenters. The van der Waals surface area contributed by atoms with Crippen LogP contribution < -0.4 is 0 Å². The molecule has 0 aromatic carbocycles. The molecule has 0 atom stereocenters. The summed E-state index contributed by atoms with van der Waals surface area (Å²) in [4.78, 5) is 2.61. The predicted molar refractivity (Wildman–Crippen MR) is 135 cm³/mol. The van der Waals surface area contributed by atoms with Crippen molar-refractivity contribution in [1.29, 1.82) is 0 Å². The molecule has 0 aliphatic rings. The van der Waals surface area contributed by atoms with Crippen LogP contribution in [0.3, 0.4) is 0 Å². The minimum atomic E-state index is 0.336. The Kier molecular flexibility index (Phi) is 21.2. The van der Waals surface area contributed by atoms with Crippen molar-refractivity contribution in [1.82, 2.24) is 4.90 Å². The van der Waals surface area contributed by atoms with Crippen molar-refractivity contribution in [3.63, 3.8) is 0 Å². The Hall–Kier alpha value is -0.0400. The lowest BCUT2D eigenvalue weighted by atomic mass is 10.0. The van der Waals surface area contributed by atoms with Crippen molar-refractivity contribution in [3.05, 3.63) is 0 Å². The van der Waals surface area contributed by atoms with Crippen molar-refractivity contribution in [3.8, 4) is 0 Å². The summed E-state index contributed by atoms with van der Waals surface area (Å²) >= 11 is 0. The largest absolute Gasteiger partial charge is 0.299 e. The smallest absolute Gasteiger partial charge is 0.0124 e. The molecule has 0 saturated carbocycles. The third kappa shape index (κ3) is 21.0. The molecule has 1 nitrogen and oxygen atoms in total. The molecule has 0 spiro atoms. The third-order valence-corrected chi connectivity index (χ3v) is 6.61. The van der Waals surface area contributed by atoms with Gasteiger partial charge in [-0.3, -0.25) is 4.90 Å². The fraction of sp³-hybridized carbons (Fsp3) is 1.00. The zero-order chi connectivity index (χ0) is 21.6. The summed E-state index contributed by atoms with van der Waals surface area (Å²) < 4.78 is 0. The Morgan fingerprint density at radius 1 is 0.414 bits per heavy atom. The Labute approximate surface area is 186 Å². The van der Waals surface area contributed by atoms with E-state index in [0.717, 1.165) is 0 Å². The molecule has 0 amide bonds. The van der Waals surface area contributed by atoms with Crippen LogP contribution in [0.1, 0.15) is 163 Å². The molecule has 0 N–H and O–H groups in total. The van der Waals surface area contributed by atoms with E-state index >= 15 is 0 Å². The lowest BCUT2D eigenvalue weighted by Crippen LogP contribution is -2.41. The highest BCUT2D eigenvalue weighted by Gasteiger charge is 2.18. The van der Waals surface area contributed by atoms with Gasteiger partial charge in [0.1, 0.15) is 0 Å². The zero-order valence-corrected chi connectivity index (χ0v) is 21.5. The molecule has 0 aliphatic carbocycles. The molecule has 29 heavy (non-hydrogen) atoms. The standard InChI is InChI=1S/C28H59N/c1-6-8-9-10-11-12-13-14-15-16-17-18-19-20-21-22-23-24-25-26-27-29(7-2)28(3,4)5/h6-27H2,1-5H3. The summed E-state index contributed by atoms with van der Waals surface area (Å²) in [5.74, 6) is 0. The zero-order valence-electron chi connectivity index (χ0n) is 21.5. The minimum absolute atomic E-state index is 0.336. The summed E-state index contributed by atoms with van der Waals surface area (Å²) in [5, 5.41) is 0. The maximum Gasteiger partial charge on any atom is 0.0124 e. The highest BCUT2D eigenvalue weighted by atomic mass is 15.2. The number of hydrogen-bond donors (Lipinski definition) is 0. The Bertz CT molecular complexity index is 304. The molecule has 0 heterocycles. The molecule has 0 aromatic heterocycles. The molecule has 176 valence electrons. The van der Waals surface area contributed by atoms with Crippen LogP contribution in [-0.4, -0.2) is 23.5 Å². The SMILES string of the molecule is CCCCCCCCCCCCCCCCCCCCCCN(CC)C(C)(C)C. The molecule has 0 radical (unpaired) electrons. The van der Waals surface area contributed by atoms with E-state index in [9.17, 15) is 0 Å². The maximum absolute atomic E-state index is 2.61. The highest BCUT2D eigenvalue weighted by molar-refractivity contribution is 4.74. The van der Waals surface area contributed by atoms with Gasteiger partial charge in [-0.25, -0.2) is 0 Å². The molecule has 0 rings (SSSR count). The van der Waals surface area contributed by atoms with Crippen LogP contribution in [0.5, 0.6) is 0 Å². The van der Waals surface area contributed by atoms with Gasteiger partial charge < -0.3 is 0 Å². The van der Waals surface area contributed by atoms with E-state index in [1.165, 1.54) is 142 Å². The van der Waals surface area contributed by atoms with Crippen LogP contribution in [0.25, 0.3) is 0 Å². The molecular formula is C28H59N. The topological polar surface area (TPSA) is 3.24 Å². The molecule has 0 bridgehead atoms. The first-order chi connectivity index (χ1) is 14.0. The van der Waals surface area contributed by atoms with Gasteiger partial charge in [-0.05, 0) is 40.3 Å². The number of hydrogen-bond acceptors (Lipinski definition) is 1. The Morgan fingerprint density at radius 3 is 0.931 bits per heavy atom. The molecule has 0 fully saturated rings. The van der Waals surface area contributed by atoms with Crippen LogP contribution in [0.15, 0.2) is 0 Å². The summed E-state index contributed by atoms with van der Waals surface area (Å²) in [6.07, 6.45) is 29.2. The Balaban J connectivity index is 3.15. The van der Waals surface area contributed by atoms with E-state index in [1.54, 1.807) is 0 Å². The summed E-state index contributed by atoms with van der Waals surface area (Å²) in [6, 6.07) is 0. The fourth-order valence-electron chi connectivity index (χ4n) is 4.53. The minimum Gasteiger partial charge on any atom is -0.299 e. The van der Waals surface area contributed by atoms with Crippen molar-refractivity contribution in [2.75, 3.05) is 13.1 Å². The molecule has 0 aliphatic heterocycles. The first kappa shape index (κ1) is 29.0. The summed E-state index contributed by atoms with van der Waals surface area (Å²) in [6.45, 7) is 14.1. The maximum atomic E-state index is 2.61. The first-order valence-corrected chi connectivity index (χ1v) is 13.8. The second kappa shape index (κ2) is 21.2. The number of nitrogens with zero attached hydrogens (tertiary/aromatic N) is 1. The van der Waals surface area contributed by atoms with Gasteiger partial charge in [-0.1, -0.05) is 136 Å².